The van der Waals surface area contributed by atoms with Gasteiger partial charge in [0.25, 0.3) is 5.91 Å². The molecule has 2 aromatic rings. The molecule has 22 heavy (non-hydrogen) atoms. The van der Waals surface area contributed by atoms with E-state index in [1.807, 2.05) is 25.1 Å². The molecule has 1 heterocycles. The molecule has 4 nitrogen and oxygen atoms in total. The highest BCUT2D eigenvalue weighted by atomic mass is 16.5. The Hall–Kier alpha value is -2.62. The zero-order valence-corrected chi connectivity index (χ0v) is 12.9. The number of ether oxygens (including phenoxy) is 1. The number of carbonyl (C=O) groups excluding carboxylic acids is 1. The first-order valence-corrected chi connectivity index (χ1v) is 7.15. The van der Waals surface area contributed by atoms with Gasteiger partial charge in [-0.1, -0.05) is 18.7 Å². The van der Waals surface area contributed by atoms with Gasteiger partial charge in [0.15, 0.2) is 0 Å². The van der Waals surface area contributed by atoms with Crippen LogP contribution >= 0.6 is 0 Å². The number of rotatable bonds is 6. The molecule has 1 aromatic heterocycles. The topological polar surface area (TPSA) is 42.4 Å². The third-order valence-electron chi connectivity index (χ3n) is 3.49. The summed E-state index contributed by atoms with van der Waals surface area (Å²) in [5.41, 5.74) is 1.49. The zero-order valence-electron chi connectivity index (χ0n) is 12.9. The summed E-state index contributed by atoms with van der Waals surface area (Å²) in [6.45, 7) is 6.01. The van der Waals surface area contributed by atoms with E-state index in [9.17, 15) is 4.79 Å². The average Bonchev–Trinajstić information content (AvgIpc) is 2.59. The predicted octanol–water partition coefficient (Wildman–Crippen LogP) is 3.48. The summed E-state index contributed by atoms with van der Waals surface area (Å²) in [7, 11) is 1.78. The molecule has 0 unspecified atom stereocenters. The molecular weight excluding hydrogens is 276 g/mol. The maximum Gasteiger partial charge on any atom is 0.254 e. The van der Waals surface area contributed by atoms with Crippen molar-refractivity contribution in [3.63, 3.8) is 0 Å². The molecule has 0 bridgehead atoms. The van der Waals surface area contributed by atoms with E-state index in [0.717, 1.165) is 11.4 Å². The summed E-state index contributed by atoms with van der Waals surface area (Å²) in [5.74, 6) is 0.672. The van der Waals surface area contributed by atoms with Crippen molar-refractivity contribution in [2.75, 3.05) is 13.7 Å². The van der Waals surface area contributed by atoms with Crippen molar-refractivity contribution < 1.29 is 9.53 Å². The molecule has 0 saturated heterocycles. The molecule has 114 valence electrons. The van der Waals surface area contributed by atoms with Crippen LogP contribution in [0.15, 0.2) is 61.3 Å². The second-order valence-electron chi connectivity index (χ2n) is 4.97. The van der Waals surface area contributed by atoms with Gasteiger partial charge in [-0.3, -0.25) is 9.78 Å². The van der Waals surface area contributed by atoms with E-state index in [2.05, 4.69) is 11.6 Å². The first kappa shape index (κ1) is 15.8. The molecule has 0 spiro atoms. The maximum absolute atomic E-state index is 12.5. The third-order valence-corrected chi connectivity index (χ3v) is 3.49. The second kappa shape index (κ2) is 7.41. The van der Waals surface area contributed by atoms with Crippen molar-refractivity contribution in [2.24, 2.45) is 0 Å². The fourth-order valence-electron chi connectivity index (χ4n) is 2.05. The lowest BCUT2D eigenvalue weighted by Gasteiger charge is -2.24. The van der Waals surface area contributed by atoms with E-state index in [1.54, 1.807) is 48.5 Å². The molecule has 4 heteroatoms. The predicted molar refractivity (Wildman–Crippen MR) is 86.9 cm³/mol. The van der Waals surface area contributed by atoms with Crippen LogP contribution in [-0.2, 0) is 0 Å². The minimum Gasteiger partial charge on any atom is -0.490 e. The van der Waals surface area contributed by atoms with Crippen molar-refractivity contribution in [1.29, 1.82) is 0 Å². The number of hydrogen-bond donors (Lipinski definition) is 0. The van der Waals surface area contributed by atoms with Crippen LogP contribution < -0.4 is 4.74 Å². The van der Waals surface area contributed by atoms with Gasteiger partial charge in [0, 0.05) is 18.8 Å². The maximum atomic E-state index is 12.5. The molecule has 0 aliphatic carbocycles. The average molecular weight is 296 g/mol. The first-order valence-electron chi connectivity index (χ1n) is 7.15. The summed E-state index contributed by atoms with van der Waals surface area (Å²) in [6, 6.07) is 12.7. The smallest absolute Gasteiger partial charge is 0.254 e. The summed E-state index contributed by atoms with van der Waals surface area (Å²) < 4.78 is 5.41. The Balaban J connectivity index is 2.08. The van der Waals surface area contributed by atoms with E-state index >= 15 is 0 Å². The highest BCUT2D eigenvalue weighted by Crippen LogP contribution is 2.20. The Morgan fingerprint density at radius 3 is 2.64 bits per heavy atom. The van der Waals surface area contributed by atoms with E-state index in [4.69, 9.17) is 4.74 Å². The van der Waals surface area contributed by atoms with Crippen LogP contribution in [0.3, 0.4) is 0 Å². The number of aromatic nitrogens is 1. The van der Waals surface area contributed by atoms with Gasteiger partial charge in [-0.05, 0) is 43.3 Å². The van der Waals surface area contributed by atoms with Gasteiger partial charge in [-0.2, -0.15) is 0 Å². The number of hydrogen-bond acceptors (Lipinski definition) is 3. The van der Waals surface area contributed by atoms with Crippen molar-refractivity contribution in [3.8, 4) is 5.75 Å². The monoisotopic (exact) mass is 296 g/mol. The molecule has 0 saturated carbocycles. The number of amides is 1. The van der Waals surface area contributed by atoms with Gasteiger partial charge in [0.05, 0.1) is 11.7 Å². The van der Waals surface area contributed by atoms with Crippen LogP contribution in [0, 0.1) is 0 Å². The normalized spacial score (nSPS) is 11.5. The van der Waals surface area contributed by atoms with Crippen molar-refractivity contribution in [3.05, 3.63) is 72.6 Å². The minimum atomic E-state index is -0.0922. The van der Waals surface area contributed by atoms with Gasteiger partial charge < -0.3 is 9.64 Å². The van der Waals surface area contributed by atoms with E-state index in [-0.39, 0.29) is 11.9 Å². The summed E-state index contributed by atoms with van der Waals surface area (Å²) in [4.78, 5) is 18.5. The molecule has 1 atom stereocenters. The summed E-state index contributed by atoms with van der Waals surface area (Å²) in [5, 5.41) is 0. The quantitative estimate of drug-likeness (QED) is 0.766. The fraction of sp³-hybridized carbons (Fsp3) is 0.222. The fourth-order valence-corrected chi connectivity index (χ4v) is 2.05. The van der Waals surface area contributed by atoms with E-state index < -0.39 is 0 Å². The van der Waals surface area contributed by atoms with Crippen LogP contribution in [0.4, 0.5) is 0 Å². The highest BCUT2D eigenvalue weighted by molar-refractivity contribution is 5.94. The molecule has 0 radical (unpaired) electrons. The van der Waals surface area contributed by atoms with E-state index in [0.29, 0.717) is 12.2 Å². The number of carbonyl (C=O) groups is 1. The van der Waals surface area contributed by atoms with Crippen LogP contribution in [-0.4, -0.2) is 29.4 Å². The number of pyridine rings is 1. The highest BCUT2D eigenvalue weighted by Gasteiger charge is 2.19. The zero-order chi connectivity index (χ0) is 15.9. The Morgan fingerprint density at radius 2 is 2.05 bits per heavy atom. The summed E-state index contributed by atoms with van der Waals surface area (Å²) >= 11 is 0. The Kier molecular flexibility index (Phi) is 5.31. The lowest BCUT2D eigenvalue weighted by atomic mass is 10.1. The Bertz CT molecular complexity index is 623. The van der Waals surface area contributed by atoms with Crippen LogP contribution in [0.5, 0.6) is 5.75 Å². The largest absolute Gasteiger partial charge is 0.490 e. The second-order valence-corrected chi connectivity index (χ2v) is 4.97. The van der Waals surface area contributed by atoms with Crippen LogP contribution in [0.25, 0.3) is 0 Å². The minimum absolute atomic E-state index is 0.0478. The number of nitrogens with zero attached hydrogens (tertiary/aromatic N) is 2. The molecule has 1 aromatic carbocycles. The van der Waals surface area contributed by atoms with Crippen LogP contribution in [0.1, 0.15) is 29.0 Å². The molecule has 0 N–H and O–H groups in total. The lowest BCUT2D eigenvalue weighted by molar-refractivity contribution is 0.0740. The molecular formula is C18H20N2O2. The SMILES string of the molecule is C=CCOc1ccc(C(=O)N(C)[C@@H](C)c2ccccn2)cc1. The van der Waals surface area contributed by atoms with E-state index in [1.165, 1.54) is 0 Å². The Morgan fingerprint density at radius 1 is 1.32 bits per heavy atom. The molecule has 2 rings (SSSR count). The first-order chi connectivity index (χ1) is 10.6. The van der Waals surface area contributed by atoms with Gasteiger partial charge in [-0.15, -0.1) is 0 Å². The van der Waals surface area contributed by atoms with Crippen molar-refractivity contribution >= 4 is 5.91 Å². The van der Waals surface area contributed by atoms with Gasteiger partial charge in [0.1, 0.15) is 12.4 Å². The molecule has 0 aliphatic rings. The van der Waals surface area contributed by atoms with Crippen molar-refractivity contribution in [2.45, 2.75) is 13.0 Å². The van der Waals surface area contributed by atoms with Crippen LogP contribution in [0.2, 0.25) is 0 Å². The summed E-state index contributed by atoms with van der Waals surface area (Å²) in [6.07, 6.45) is 3.41. The van der Waals surface area contributed by atoms with Crippen molar-refractivity contribution in [1.82, 2.24) is 9.88 Å². The molecule has 0 fully saturated rings. The standard InChI is InChI=1S/C18H20N2O2/c1-4-13-22-16-10-8-15(9-11-16)18(21)20(3)14(2)17-7-5-6-12-19-17/h4-12,14H,1,13H2,2-3H3/t14-/m0/s1. The number of benzene rings is 1. The Labute approximate surface area is 131 Å². The van der Waals surface area contributed by atoms with Gasteiger partial charge in [0.2, 0.25) is 0 Å². The molecule has 0 aliphatic heterocycles. The third kappa shape index (κ3) is 3.73. The lowest BCUT2D eigenvalue weighted by Crippen LogP contribution is -2.30. The van der Waals surface area contributed by atoms with Gasteiger partial charge >= 0.3 is 0 Å². The van der Waals surface area contributed by atoms with Gasteiger partial charge in [-0.25, -0.2) is 0 Å². The molecule has 1 amide bonds.